The summed E-state index contributed by atoms with van der Waals surface area (Å²) in [6.45, 7) is 0.760. The van der Waals surface area contributed by atoms with E-state index in [1.807, 2.05) is 34.9 Å². The number of carboxylic acids is 1. The molecular weight excluding hydrogens is 490 g/mol. The summed E-state index contributed by atoms with van der Waals surface area (Å²) in [6.07, 6.45) is 4.13. The van der Waals surface area contributed by atoms with Gasteiger partial charge in [-0.1, -0.05) is 24.3 Å². The van der Waals surface area contributed by atoms with Crippen LogP contribution in [0.1, 0.15) is 24.0 Å². The Morgan fingerprint density at radius 3 is 2.55 bits per heavy atom. The number of rotatable bonds is 6. The van der Waals surface area contributed by atoms with E-state index in [1.54, 1.807) is 24.4 Å². The van der Waals surface area contributed by atoms with Crippen LogP contribution in [0.5, 0.6) is 5.75 Å². The quantitative estimate of drug-likeness (QED) is 0.295. The maximum atomic E-state index is 14.6. The number of ether oxygens (including phenoxy) is 2. The maximum Gasteiger partial charge on any atom is 0.314 e. The highest BCUT2D eigenvalue weighted by atomic mass is 19.1. The maximum absolute atomic E-state index is 14.6. The predicted molar refractivity (Wildman–Crippen MR) is 138 cm³/mol. The monoisotopic (exact) mass is 514 g/mol. The summed E-state index contributed by atoms with van der Waals surface area (Å²) in [5.41, 5.74) is 3.47. The number of benzene rings is 3. The van der Waals surface area contributed by atoms with Gasteiger partial charge in [-0.25, -0.2) is 13.8 Å². The van der Waals surface area contributed by atoms with E-state index in [0.29, 0.717) is 18.8 Å². The molecule has 2 aromatic heterocycles. The van der Waals surface area contributed by atoms with E-state index in [9.17, 15) is 18.7 Å². The molecule has 0 atom stereocenters. The Hall–Kier alpha value is -4.30. The molecule has 5 aromatic rings. The number of aliphatic carboxylic acids is 1. The van der Waals surface area contributed by atoms with Crippen LogP contribution in [0.2, 0.25) is 0 Å². The summed E-state index contributed by atoms with van der Waals surface area (Å²) in [4.78, 5) is 16.6. The number of imidazole rings is 1. The minimum Gasteiger partial charge on any atom is -0.489 e. The molecule has 1 aliphatic rings. The van der Waals surface area contributed by atoms with Crippen LogP contribution in [0.25, 0.3) is 27.7 Å². The minimum atomic E-state index is -1.20. The van der Waals surface area contributed by atoms with Crippen LogP contribution in [0.4, 0.5) is 8.78 Å². The molecule has 1 aliphatic heterocycles. The Morgan fingerprint density at radius 2 is 1.79 bits per heavy atom. The molecule has 0 amide bonds. The van der Waals surface area contributed by atoms with Crippen molar-refractivity contribution in [2.75, 3.05) is 13.2 Å². The summed E-state index contributed by atoms with van der Waals surface area (Å²) in [6, 6.07) is 18.3. The van der Waals surface area contributed by atoms with Crippen molar-refractivity contribution in [2.45, 2.75) is 24.9 Å². The first-order valence-corrected chi connectivity index (χ1v) is 12.3. The molecule has 3 heterocycles. The third kappa shape index (κ3) is 4.26. The lowest BCUT2D eigenvalue weighted by Gasteiger charge is -2.33. The van der Waals surface area contributed by atoms with Gasteiger partial charge < -0.3 is 14.6 Å². The molecule has 0 spiro atoms. The van der Waals surface area contributed by atoms with Gasteiger partial charge >= 0.3 is 5.97 Å². The summed E-state index contributed by atoms with van der Waals surface area (Å²) in [5, 5.41) is 10.9. The van der Waals surface area contributed by atoms with E-state index in [2.05, 4.69) is 4.98 Å². The largest absolute Gasteiger partial charge is 0.489 e. The highest BCUT2D eigenvalue weighted by Crippen LogP contribution is 2.38. The number of hydrogen-bond acceptors (Lipinski definition) is 4. The molecule has 192 valence electrons. The third-order valence-corrected chi connectivity index (χ3v) is 7.30. The second kappa shape index (κ2) is 9.54. The Bertz CT molecular complexity index is 1660. The van der Waals surface area contributed by atoms with Gasteiger partial charge in [0.05, 0.1) is 10.9 Å². The average Bonchev–Trinajstić information content (AvgIpc) is 3.41. The van der Waals surface area contributed by atoms with Crippen LogP contribution >= 0.6 is 0 Å². The number of fused-ring (bicyclic) bond motifs is 3. The fraction of sp³-hybridized carbons (Fsp3) is 0.200. The van der Waals surface area contributed by atoms with Crippen molar-refractivity contribution < 1.29 is 28.2 Å². The summed E-state index contributed by atoms with van der Waals surface area (Å²) in [7, 11) is 0. The first-order valence-electron chi connectivity index (χ1n) is 12.3. The number of carboxylic acid groups (broad SMARTS) is 1. The number of nitrogens with zero attached hydrogens (tertiary/aromatic N) is 2. The van der Waals surface area contributed by atoms with Gasteiger partial charge in [0.15, 0.2) is 0 Å². The average molecular weight is 515 g/mol. The summed E-state index contributed by atoms with van der Waals surface area (Å²) < 4.78 is 41.4. The number of aromatic nitrogens is 2. The second-order valence-electron chi connectivity index (χ2n) is 9.54. The van der Waals surface area contributed by atoms with E-state index >= 15 is 0 Å². The molecule has 8 heteroatoms. The predicted octanol–water partition coefficient (Wildman–Crippen LogP) is 6.14. The molecule has 6 rings (SSSR count). The fourth-order valence-corrected chi connectivity index (χ4v) is 5.23. The zero-order valence-corrected chi connectivity index (χ0v) is 20.4. The van der Waals surface area contributed by atoms with E-state index in [1.165, 1.54) is 24.3 Å². The van der Waals surface area contributed by atoms with Crippen molar-refractivity contribution in [1.82, 2.24) is 9.38 Å². The SMILES string of the molecule is O=C(O)C1(c2cc(F)cc(OCc3ccc4c(-c5ccc(F)cc5)cc5nccn5c4c3)c2)CCOCC1. The zero-order chi connectivity index (χ0) is 26.3. The number of carbonyl (C=O) groups is 1. The second-order valence-corrected chi connectivity index (χ2v) is 9.54. The highest BCUT2D eigenvalue weighted by Gasteiger charge is 2.42. The van der Waals surface area contributed by atoms with Gasteiger partial charge in [-0.05, 0) is 71.5 Å². The van der Waals surface area contributed by atoms with Crippen LogP contribution in [-0.2, 0) is 21.6 Å². The lowest BCUT2D eigenvalue weighted by Crippen LogP contribution is -2.41. The highest BCUT2D eigenvalue weighted by molar-refractivity contribution is 5.97. The molecule has 38 heavy (non-hydrogen) atoms. The molecule has 0 radical (unpaired) electrons. The summed E-state index contributed by atoms with van der Waals surface area (Å²) >= 11 is 0. The Labute approximate surface area is 217 Å². The molecule has 1 fully saturated rings. The van der Waals surface area contributed by atoms with Gasteiger partial charge in [-0.2, -0.15) is 0 Å². The van der Waals surface area contributed by atoms with Gasteiger partial charge in [0.2, 0.25) is 0 Å². The molecule has 1 saturated heterocycles. The van der Waals surface area contributed by atoms with Crippen LogP contribution in [0, 0.1) is 11.6 Å². The van der Waals surface area contributed by atoms with Crippen LogP contribution in [0.15, 0.2) is 79.1 Å². The van der Waals surface area contributed by atoms with E-state index in [0.717, 1.165) is 33.2 Å². The Kier molecular flexibility index (Phi) is 6.04. The molecule has 0 unspecified atom stereocenters. The standard InChI is InChI=1S/C30H24F2N2O4/c31-22-4-2-20(3-5-22)26-17-28-33-9-10-34(28)27-13-19(1-6-25(26)27)18-38-24-15-21(14-23(32)16-24)30(29(35)36)7-11-37-12-8-30/h1-6,9-10,13-17H,7-8,11-12,18H2,(H,35,36). The van der Waals surface area contributed by atoms with E-state index in [-0.39, 0.29) is 31.0 Å². The first-order chi connectivity index (χ1) is 18.4. The van der Waals surface area contributed by atoms with E-state index < -0.39 is 17.2 Å². The molecule has 6 nitrogen and oxygen atoms in total. The molecule has 0 bridgehead atoms. The van der Waals surface area contributed by atoms with Gasteiger partial charge in [-0.3, -0.25) is 9.20 Å². The normalized spacial score (nSPS) is 15.1. The van der Waals surface area contributed by atoms with Crippen LogP contribution < -0.4 is 4.74 Å². The zero-order valence-electron chi connectivity index (χ0n) is 20.4. The van der Waals surface area contributed by atoms with E-state index in [4.69, 9.17) is 9.47 Å². The number of hydrogen-bond donors (Lipinski definition) is 1. The Balaban J connectivity index is 1.34. The number of pyridine rings is 1. The molecule has 3 aromatic carbocycles. The smallest absolute Gasteiger partial charge is 0.314 e. The molecule has 1 N–H and O–H groups in total. The summed E-state index contributed by atoms with van der Waals surface area (Å²) in [5.74, 6) is -1.58. The third-order valence-electron chi connectivity index (χ3n) is 7.30. The van der Waals surface area contributed by atoms with Gasteiger partial charge in [0, 0.05) is 37.1 Å². The lowest BCUT2D eigenvalue weighted by molar-refractivity contribution is -0.147. The van der Waals surface area contributed by atoms with Gasteiger partial charge in [0.1, 0.15) is 29.6 Å². The molecular formula is C30H24F2N2O4. The van der Waals surface area contributed by atoms with Crippen molar-refractivity contribution in [1.29, 1.82) is 0 Å². The molecule has 0 aliphatic carbocycles. The van der Waals surface area contributed by atoms with Crippen molar-refractivity contribution in [3.8, 4) is 16.9 Å². The molecule has 0 saturated carbocycles. The van der Waals surface area contributed by atoms with Crippen molar-refractivity contribution >= 4 is 22.5 Å². The van der Waals surface area contributed by atoms with Gasteiger partial charge in [-0.15, -0.1) is 0 Å². The topological polar surface area (TPSA) is 73.1 Å². The van der Waals surface area contributed by atoms with Crippen LogP contribution in [-0.4, -0.2) is 33.7 Å². The van der Waals surface area contributed by atoms with Crippen LogP contribution in [0.3, 0.4) is 0 Å². The number of halogens is 2. The minimum absolute atomic E-state index is 0.152. The van der Waals surface area contributed by atoms with Crippen molar-refractivity contribution in [3.63, 3.8) is 0 Å². The van der Waals surface area contributed by atoms with Crippen molar-refractivity contribution in [2.24, 2.45) is 0 Å². The fourth-order valence-electron chi connectivity index (χ4n) is 5.23. The van der Waals surface area contributed by atoms with Gasteiger partial charge in [0.25, 0.3) is 0 Å². The first kappa shape index (κ1) is 24.1. The lowest BCUT2D eigenvalue weighted by atomic mass is 9.74. The Morgan fingerprint density at radius 1 is 1.00 bits per heavy atom. The van der Waals surface area contributed by atoms with Crippen molar-refractivity contribution in [3.05, 3.63) is 102 Å².